The second-order valence-corrected chi connectivity index (χ2v) is 5.23. The summed E-state index contributed by atoms with van der Waals surface area (Å²) in [5.74, 6) is -1.21. The van der Waals surface area contributed by atoms with E-state index in [-0.39, 0.29) is 10.8 Å². The molecule has 0 aliphatic heterocycles. The molecule has 4 nitrogen and oxygen atoms in total. The van der Waals surface area contributed by atoms with Crippen LogP contribution in [-0.2, 0) is 11.9 Å². The number of nitrogens with one attached hydrogen (secondary N) is 2. The third kappa shape index (κ3) is 4.44. The Morgan fingerprint density at radius 1 is 1.26 bits per heavy atom. The lowest BCUT2D eigenvalue weighted by molar-refractivity contribution is -0.141. The highest BCUT2D eigenvalue weighted by Gasteiger charge is 2.38. The molecule has 2 N–H and O–H groups in total. The Labute approximate surface area is 131 Å². The van der Waals surface area contributed by atoms with Gasteiger partial charge in [-0.15, -0.1) is 16.9 Å². The smallest absolute Gasteiger partial charge is 0.415 e. The van der Waals surface area contributed by atoms with Gasteiger partial charge in [-0.05, 0) is 0 Å². The van der Waals surface area contributed by atoms with Gasteiger partial charge in [0.25, 0.3) is 0 Å². The van der Waals surface area contributed by atoms with Crippen LogP contribution in [0, 0.1) is 5.41 Å². The van der Waals surface area contributed by atoms with Crippen molar-refractivity contribution in [1.82, 2.24) is 10.2 Å². The van der Waals surface area contributed by atoms with Crippen LogP contribution in [0.25, 0.3) is 0 Å². The number of ether oxygens (including phenoxy) is 1. The van der Waals surface area contributed by atoms with E-state index < -0.39 is 29.9 Å². The summed E-state index contributed by atoms with van der Waals surface area (Å²) < 4.78 is 67.1. The lowest BCUT2D eigenvalue weighted by atomic mass is 10.2. The van der Waals surface area contributed by atoms with E-state index >= 15 is 0 Å². The maximum atomic E-state index is 12.9. The fourth-order valence-electron chi connectivity index (χ4n) is 1.72. The molecular weight excluding hydrogens is 341 g/mol. The Morgan fingerprint density at radius 2 is 1.91 bits per heavy atom. The van der Waals surface area contributed by atoms with Gasteiger partial charge < -0.3 is 4.74 Å². The normalized spacial score (nSPS) is 11.7. The van der Waals surface area contributed by atoms with E-state index in [0.717, 1.165) is 11.8 Å². The number of benzene rings is 1. The molecule has 0 fully saturated rings. The van der Waals surface area contributed by atoms with Crippen LogP contribution in [0.1, 0.15) is 16.8 Å². The molecule has 0 saturated heterocycles. The zero-order chi connectivity index (χ0) is 17.0. The molecule has 0 atom stereocenters. The van der Waals surface area contributed by atoms with E-state index in [2.05, 4.69) is 9.84 Å². The van der Waals surface area contributed by atoms with Gasteiger partial charge in [-0.25, -0.2) is 0 Å². The van der Waals surface area contributed by atoms with Gasteiger partial charge in [-0.3, -0.25) is 10.5 Å². The maximum absolute atomic E-state index is 12.9. The number of rotatable bonds is 5. The molecule has 1 heterocycles. The summed E-state index contributed by atoms with van der Waals surface area (Å²) in [5.41, 5.74) is -1.31. The monoisotopic (exact) mass is 351 g/mol. The van der Waals surface area contributed by atoms with Crippen molar-refractivity contribution in [1.29, 1.82) is 5.41 Å². The Bertz CT molecular complexity index is 672. The van der Waals surface area contributed by atoms with Gasteiger partial charge in [0.05, 0.1) is 10.6 Å². The van der Waals surface area contributed by atoms with Crippen LogP contribution in [0.4, 0.5) is 22.0 Å². The predicted molar refractivity (Wildman–Crippen MR) is 74.8 cm³/mol. The molecule has 0 unspecified atom stereocenters. The van der Waals surface area contributed by atoms with Gasteiger partial charge in [0, 0.05) is 11.3 Å². The molecule has 0 saturated carbocycles. The fourth-order valence-corrected chi connectivity index (χ4v) is 2.58. The summed E-state index contributed by atoms with van der Waals surface area (Å²) in [5, 5.41) is 12.6. The van der Waals surface area contributed by atoms with Crippen LogP contribution in [0.15, 0.2) is 30.3 Å². The Morgan fingerprint density at radius 3 is 2.48 bits per heavy atom. The number of alkyl halides is 5. The highest BCUT2D eigenvalue weighted by Crippen LogP contribution is 2.37. The van der Waals surface area contributed by atoms with E-state index in [1.54, 1.807) is 35.4 Å². The number of aromatic nitrogens is 2. The number of halogens is 5. The molecule has 2 rings (SSSR count). The van der Waals surface area contributed by atoms with Crippen molar-refractivity contribution >= 4 is 16.8 Å². The van der Waals surface area contributed by atoms with E-state index in [1.165, 1.54) is 0 Å². The topological polar surface area (TPSA) is 61.8 Å². The van der Waals surface area contributed by atoms with Crippen molar-refractivity contribution in [3.63, 3.8) is 0 Å². The Kier molecular flexibility index (Phi) is 5.24. The molecule has 124 valence electrons. The van der Waals surface area contributed by atoms with Crippen LogP contribution >= 0.6 is 11.8 Å². The maximum Gasteiger partial charge on any atom is 0.433 e. The highest BCUT2D eigenvalue weighted by molar-refractivity contribution is 8.13. The molecular formula is C13H10F5N3OS. The van der Waals surface area contributed by atoms with Crippen LogP contribution in [0.3, 0.4) is 0 Å². The summed E-state index contributed by atoms with van der Waals surface area (Å²) in [4.78, 5) is 0. The molecule has 23 heavy (non-hydrogen) atoms. The second-order valence-electron chi connectivity index (χ2n) is 4.24. The number of nitrogens with zero attached hydrogens (tertiary/aromatic N) is 1. The molecule has 10 heteroatoms. The molecule has 2 aromatic rings. The average molecular weight is 351 g/mol. The van der Waals surface area contributed by atoms with Crippen molar-refractivity contribution in [2.75, 3.05) is 0 Å². The minimum absolute atomic E-state index is 0.00271. The number of hydrogen-bond acceptors (Lipinski definition) is 4. The molecule has 0 amide bonds. The standard InChI is InChI=1S/C13H10F5N3OS/c14-12(15)22-11-8(9(20-21-11)13(16,17)18)6-23-10(19)7-4-2-1-3-5-7/h1-5,12,19H,6H2,(H,20,21). The number of H-pyrrole nitrogens is 1. The second kappa shape index (κ2) is 6.99. The first-order chi connectivity index (χ1) is 10.8. The van der Waals surface area contributed by atoms with E-state index in [9.17, 15) is 22.0 Å². The first kappa shape index (κ1) is 17.3. The van der Waals surface area contributed by atoms with E-state index in [1.807, 2.05) is 0 Å². The van der Waals surface area contributed by atoms with Gasteiger partial charge >= 0.3 is 12.8 Å². The highest BCUT2D eigenvalue weighted by atomic mass is 32.2. The van der Waals surface area contributed by atoms with E-state index in [4.69, 9.17) is 5.41 Å². The van der Waals surface area contributed by atoms with Gasteiger partial charge in [0.2, 0.25) is 5.88 Å². The molecule has 1 aromatic heterocycles. The largest absolute Gasteiger partial charge is 0.433 e. The Balaban J connectivity index is 2.20. The number of thioether (sulfide) groups is 1. The van der Waals surface area contributed by atoms with Gasteiger partial charge in [-0.2, -0.15) is 22.0 Å². The van der Waals surface area contributed by atoms with Crippen LogP contribution in [-0.4, -0.2) is 21.9 Å². The van der Waals surface area contributed by atoms with Crippen molar-refractivity contribution in [2.24, 2.45) is 0 Å². The third-order valence-corrected chi connectivity index (χ3v) is 3.67. The summed E-state index contributed by atoms with van der Waals surface area (Å²) in [6.07, 6.45) is -4.79. The summed E-state index contributed by atoms with van der Waals surface area (Å²) in [6, 6.07) is 8.31. The molecule has 0 bridgehead atoms. The first-order valence-corrected chi connectivity index (χ1v) is 7.13. The number of hydrogen-bond donors (Lipinski definition) is 2. The van der Waals surface area contributed by atoms with Crippen LogP contribution in [0.5, 0.6) is 5.88 Å². The predicted octanol–water partition coefficient (Wildman–Crippen LogP) is 4.29. The van der Waals surface area contributed by atoms with Gasteiger partial charge in [0.1, 0.15) is 5.69 Å². The Hall–Kier alpha value is -2.10. The fraction of sp³-hybridized carbons (Fsp3) is 0.231. The van der Waals surface area contributed by atoms with Crippen LogP contribution < -0.4 is 4.74 Å². The summed E-state index contributed by atoms with van der Waals surface area (Å²) >= 11 is 0.757. The van der Waals surface area contributed by atoms with E-state index in [0.29, 0.717) is 5.56 Å². The first-order valence-electron chi connectivity index (χ1n) is 6.15. The molecule has 0 spiro atoms. The zero-order valence-corrected chi connectivity index (χ0v) is 12.1. The van der Waals surface area contributed by atoms with Gasteiger partial charge in [0.15, 0.2) is 0 Å². The lowest BCUT2D eigenvalue weighted by Gasteiger charge is -2.09. The molecule has 0 aliphatic rings. The van der Waals surface area contributed by atoms with Crippen molar-refractivity contribution in [3.8, 4) is 5.88 Å². The quantitative estimate of drug-likeness (QED) is 0.480. The minimum Gasteiger partial charge on any atom is -0.415 e. The summed E-state index contributed by atoms with van der Waals surface area (Å²) in [7, 11) is 0. The van der Waals surface area contributed by atoms with Crippen LogP contribution in [0.2, 0.25) is 0 Å². The molecule has 0 radical (unpaired) electrons. The number of aromatic amines is 1. The van der Waals surface area contributed by atoms with Gasteiger partial charge in [-0.1, -0.05) is 30.3 Å². The van der Waals surface area contributed by atoms with Crippen molar-refractivity contribution in [3.05, 3.63) is 47.2 Å². The van der Waals surface area contributed by atoms with Crippen molar-refractivity contribution in [2.45, 2.75) is 18.5 Å². The third-order valence-electron chi connectivity index (χ3n) is 2.71. The summed E-state index contributed by atoms with van der Waals surface area (Å²) in [6.45, 7) is -3.29. The average Bonchev–Trinajstić information content (AvgIpc) is 2.87. The molecule has 1 aromatic carbocycles. The van der Waals surface area contributed by atoms with Crippen molar-refractivity contribution < 1.29 is 26.7 Å². The zero-order valence-electron chi connectivity index (χ0n) is 11.3. The SMILES string of the molecule is N=C(SCc1c(OC(F)F)n[nH]c1C(F)(F)F)c1ccccc1. The molecule has 0 aliphatic carbocycles. The minimum atomic E-state index is -4.79. The lowest BCUT2D eigenvalue weighted by Crippen LogP contribution is -2.10.